The highest BCUT2D eigenvalue weighted by molar-refractivity contribution is 6.33. The fourth-order valence-electron chi connectivity index (χ4n) is 6.29. The Morgan fingerprint density at radius 1 is 0.960 bits per heavy atom. The maximum Gasteiger partial charge on any atom is 0.251 e. The van der Waals surface area contributed by atoms with Crippen molar-refractivity contribution in [2.75, 3.05) is 38.0 Å². The number of anilines is 1. The minimum atomic E-state index is -0.805. The Hall–Kier alpha value is -4.65. The van der Waals surface area contributed by atoms with E-state index in [0.29, 0.717) is 41.1 Å². The molecule has 0 saturated heterocycles. The molecule has 5 rings (SSSR count). The van der Waals surface area contributed by atoms with Crippen molar-refractivity contribution in [2.45, 2.75) is 52.0 Å². The molecule has 0 aliphatic heterocycles. The Morgan fingerprint density at radius 3 is 2.28 bits per heavy atom. The Bertz CT molecular complexity index is 1700. The lowest BCUT2D eigenvalue weighted by Gasteiger charge is -2.28. The zero-order chi connectivity index (χ0) is 35.5. The maximum absolute atomic E-state index is 13.7. The molecule has 0 spiro atoms. The van der Waals surface area contributed by atoms with Crippen LogP contribution in [0.15, 0.2) is 66.7 Å². The van der Waals surface area contributed by atoms with E-state index in [4.69, 9.17) is 17.3 Å². The lowest BCUT2D eigenvalue weighted by Crippen LogP contribution is -2.48. The zero-order valence-electron chi connectivity index (χ0n) is 28.6. The van der Waals surface area contributed by atoms with Gasteiger partial charge in [-0.1, -0.05) is 55.8 Å². The first-order chi connectivity index (χ1) is 24.3. The summed E-state index contributed by atoms with van der Waals surface area (Å²) >= 11 is 6.66. The summed E-state index contributed by atoms with van der Waals surface area (Å²) in [7, 11) is 0. The van der Waals surface area contributed by atoms with Crippen molar-refractivity contribution in [1.29, 1.82) is 0 Å². The third-order valence-corrected chi connectivity index (χ3v) is 9.80. The molecule has 0 radical (unpaired) electrons. The number of hydrogen-bond acceptors (Lipinski definition) is 8. The molecule has 1 saturated carbocycles. The number of carbonyl (C=O) groups is 3. The van der Waals surface area contributed by atoms with E-state index in [1.807, 2.05) is 30.3 Å². The van der Waals surface area contributed by atoms with Crippen LogP contribution in [0.2, 0.25) is 5.02 Å². The largest absolute Gasteiger partial charge is 0.351 e. The number of halogens is 1. The Labute approximate surface area is 297 Å². The maximum atomic E-state index is 13.7. The number of aromatic nitrogens is 4. The van der Waals surface area contributed by atoms with Crippen LogP contribution in [0.3, 0.4) is 0 Å². The van der Waals surface area contributed by atoms with Gasteiger partial charge in [0.15, 0.2) is 0 Å². The summed E-state index contributed by atoms with van der Waals surface area (Å²) in [4.78, 5) is 42.0. The summed E-state index contributed by atoms with van der Waals surface area (Å²) in [6.07, 6.45) is 3.61. The fourth-order valence-corrected chi connectivity index (χ4v) is 6.58. The van der Waals surface area contributed by atoms with E-state index in [1.54, 1.807) is 36.4 Å². The van der Waals surface area contributed by atoms with E-state index < -0.39 is 6.04 Å². The highest BCUT2D eigenvalue weighted by atomic mass is 35.5. The first-order valence-electron chi connectivity index (χ1n) is 17.3. The molecule has 50 heavy (non-hydrogen) atoms. The summed E-state index contributed by atoms with van der Waals surface area (Å²) in [6.45, 7) is 8.04. The van der Waals surface area contributed by atoms with Gasteiger partial charge in [-0.2, -0.15) is 5.21 Å². The Balaban J connectivity index is 1.26. The van der Waals surface area contributed by atoms with Crippen LogP contribution in [0, 0.1) is 11.8 Å². The topological polar surface area (TPSA) is 171 Å². The molecule has 1 unspecified atom stereocenters. The Kier molecular flexibility index (Phi) is 13.1. The highest BCUT2D eigenvalue weighted by Gasteiger charge is 2.29. The summed E-state index contributed by atoms with van der Waals surface area (Å²) < 4.78 is 0. The van der Waals surface area contributed by atoms with E-state index in [0.717, 1.165) is 67.6 Å². The molecule has 6 N–H and O–H groups in total. The average molecular weight is 700 g/mol. The van der Waals surface area contributed by atoms with Crippen LogP contribution in [0.4, 0.5) is 5.69 Å². The molecule has 1 heterocycles. The number of H-pyrrole nitrogens is 1. The van der Waals surface area contributed by atoms with Crippen molar-refractivity contribution in [2.24, 2.45) is 17.6 Å². The van der Waals surface area contributed by atoms with Crippen LogP contribution in [-0.4, -0.2) is 82.0 Å². The van der Waals surface area contributed by atoms with E-state index in [9.17, 15) is 14.4 Å². The van der Waals surface area contributed by atoms with Crippen LogP contribution in [0.5, 0.6) is 0 Å². The molecule has 0 bridgehead atoms. The SMILES string of the molecule is CCN(CC)CCNC(=O)c1ccc(-c2ccc(CC(NC(=O)C3CCC(CN)CC3)C(=O)Nc3ccc(-c4nn[nH]n4)cc3)cc2)c(Cl)c1. The number of likely N-dealkylation sites (N-methyl/N-ethyl adjacent to an activating group) is 1. The molecule has 1 atom stereocenters. The molecular weight excluding hydrogens is 654 g/mol. The van der Waals surface area contributed by atoms with Gasteiger partial charge in [-0.15, -0.1) is 10.2 Å². The van der Waals surface area contributed by atoms with Gasteiger partial charge in [0.2, 0.25) is 17.6 Å². The molecule has 13 heteroatoms. The number of nitrogens with one attached hydrogen (secondary N) is 4. The van der Waals surface area contributed by atoms with Gasteiger partial charge in [0.1, 0.15) is 6.04 Å². The van der Waals surface area contributed by atoms with Crippen molar-refractivity contribution in [3.8, 4) is 22.5 Å². The minimum Gasteiger partial charge on any atom is -0.351 e. The van der Waals surface area contributed by atoms with Crippen LogP contribution < -0.4 is 21.7 Å². The second-order valence-electron chi connectivity index (χ2n) is 12.7. The van der Waals surface area contributed by atoms with Crippen LogP contribution in [0.25, 0.3) is 22.5 Å². The average Bonchev–Trinajstić information content (AvgIpc) is 3.69. The molecule has 264 valence electrons. The first-order valence-corrected chi connectivity index (χ1v) is 17.7. The highest BCUT2D eigenvalue weighted by Crippen LogP contribution is 2.30. The molecule has 1 aliphatic carbocycles. The summed E-state index contributed by atoms with van der Waals surface area (Å²) in [5.74, 6) is 0.136. The van der Waals surface area contributed by atoms with Gasteiger partial charge in [-0.25, -0.2) is 0 Å². The molecule has 3 amide bonds. The number of benzene rings is 3. The Morgan fingerprint density at radius 2 is 1.66 bits per heavy atom. The van der Waals surface area contributed by atoms with Crippen molar-refractivity contribution >= 4 is 35.0 Å². The molecule has 12 nitrogen and oxygen atoms in total. The number of hydrogen-bond donors (Lipinski definition) is 5. The van der Waals surface area contributed by atoms with Crippen LogP contribution >= 0.6 is 11.6 Å². The van der Waals surface area contributed by atoms with E-state index in [1.165, 1.54) is 0 Å². The second-order valence-corrected chi connectivity index (χ2v) is 13.1. The second kappa shape index (κ2) is 17.8. The van der Waals surface area contributed by atoms with Crippen molar-refractivity contribution in [3.05, 3.63) is 82.9 Å². The zero-order valence-corrected chi connectivity index (χ0v) is 29.4. The molecule has 4 aromatic rings. The van der Waals surface area contributed by atoms with Gasteiger partial charge in [-0.05, 0) is 104 Å². The fraction of sp³-hybridized carbons (Fsp3) is 0.405. The summed E-state index contributed by atoms with van der Waals surface area (Å²) in [5, 5.41) is 23.4. The van der Waals surface area contributed by atoms with Crippen molar-refractivity contribution in [1.82, 2.24) is 36.2 Å². The lowest BCUT2D eigenvalue weighted by molar-refractivity contribution is -0.130. The van der Waals surface area contributed by atoms with Crippen LogP contribution in [-0.2, 0) is 16.0 Å². The number of tetrazole rings is 1. The van der Waals surface area contributed by atoms with Gasteiger partial charge in [-0.3, -0.25) is 14.4 Å². The van der Waals surface area contributed by atoms with E-state index in [2.05, 4.69) is 55.3 Å². The minimum absolute atomic E-state index is 0.117. The van der Waals surface area contributed by atoms with Crippen LogP contribution in [0.1, 0.15) is 55.5 Å². The molecule has 1 aromatic heterocycles. The molecule has 3 aromatic carbocycles. The van der Waals surface area contributed by atoms with E-state index in [-0.39, 0.29) is 30.1 Å². The van der Waals surface area contributed by atoms with Gasteiger partial charge < -0.3 is 26.6 Å². The smallest absolute Gasteiger partial charge is 0.251 e. The predicted octanol–water partition coefficient (Wildman–Crippen LogP) is 4.69. The monoisotopic (exact) mass is 699 g/mol. The standard InChI is InChI=1S/C37H46ClN9O3/c1-3-47(4-2)20-19-40-35(48)29-15-18-31(32(38)22-29)26-9-5-24(6-10-26)21-33(42-36(49)28-11-7-25(23-39)8-12-28)37(50)41-30-16-13-27(14-17-30)34-43-45-46-44-34/h5-6,9-10,13-18,22,25,28,33H,3-4,7-8,11-12,19-21,23,39H2,1-2H3,(H,40,48)(H,41,50)(H,42,49)(H,43,44,45,46). The van der Waals surface area contributed by atoms with E-state index >= 15 is 0 Å². The number of rotatable bonds is 15. The van der Waals surface area contributed by atoms with Crippen molar-refractivity contribution in [3.63, 3.8) is 0 Å². The lowest BCUT2D eigenvalue weighted by atomic mass is 9.81. The molecular formula is C37H46ClN9O3. The van der Waals surface area contributed by atoms with Gasteiger partial charge in [0, 0.05) is 52.8 Å². The number of aromatic amines is 1. The third kappa shape index (κ3) is 9.74. The quantitative estimate of drug-likeness (QED) is 0.119. The van der Waals surface area contributed by atoms with Crippen molar-refractivity contribution < 1.29 is 14.4 Å². The molecule has 1 fully saturated rings. The van der Waals surface area contributed by atoms with Gasteiger partial charge in [0.25, 0.3) is 5.91 Å². The third-order valence-electron chi connectivity index (χ3n) is 9.48. The van der Waals surface area contributed by atoms with Gasteiger partial charge in [0.05, 0.1) is 0 Å². The predicted molar refractivity (Wildman–Crippen MR) is 195 cm³/mol. The van der Waals surface area contributed by atoms with Gasteiger partial charge >= 0.3 is 0 Å². The number of nitrogens with two attached hydrogens (primary N) is 1. The summed E-state index contributed by atoms with van der Waals surface area (Å²) in [5.41, 5.74) is 10.2. The normalized spacial score (nSPS) is 16.5. The number of nitrogens with zero attached hydrogens (tertiary/aromatic N) is 4. The first kappa shape index (κ1) is 36.6. The molecule has 1 aliphatic rings. The number of carbonyl (C=O) groups excluding carboxylic acids is 3. The number of amides is 3. The summed E-state index contributed by atoms with van der Waals surface area (Å²) in [6, 6.07) is 19.3.